The zero-order chi connectivity index (χ0) is 31.2. The number of para-hydroxylation sites is 1. The van der Waals surface area contributed by atoms with Crippen LogP contribution in [0.2, 0.25) is 15.1 Å². The smallest absolute Gasteiger partial charge is 0.416 e. The van der Waals surface area contributed by atoms with Gasteiger partial charge >= 0.3 is 18.1 Å². The van der Waals surface area contributed by atoms with Crippen LogP contribution >= 0.6 is 34.8 Å². The van der Waals surface area contributed by atoms with Gasteiger partial charge in [0.2, 0.25) is 0 Å². The van der Waals surface area contributed by atoms with Crippen LogP contribution in [-0.4, -0.2) is 32.9 Å². The fourth-order valence-electron chi connectivity index (χ4n) is 3.08. The van der Waals surface area contributed by atoms with Crippen molar-refractivity contribution < 1.29 is 37.3 Å². The summed E-state index contributed by atoms with van der Waals surface area (Å²) in [4.78, 5) is 34.5. The molecule has 0 spiro atoms. The molecule has 0 aliphatic heterocycles. The summed E-state index contributed by atoms with van der Waals surface area (Å²) in [7, 11) is 0. The van der Waals surface area contributed by atoms with Crippen molar-refractivity contribution in [2.45, 2.75) is 19.2 Å². The quantitative estimate of drug-likeness (QED) is 0.217. The summed E-state index contributed by atoms with van der Waals surface area (Å²) in [6.07, 6.45) is -4.60. The maximum Gasteiger partial charge on any atom is 0.416 e. The minimum atomic E-state index is -4.56. The fourth-order valence-corrected chi connectivity index (χ4v) is 3.63. The van der Waals surface area contributed by atoms with Crippen LogP contribution in [0.4, 0.5) is 18.9 Å². The lowest BCUT2D eigenvalue weighted by molar-refractivity contribution is -0.146. The van der Waals surface area contributed by atoms with Crippen LogP contribution in [0.1, 0.15) is 22.8 Å². The molecule has 0 aliphatic rings. The van der Waals surface area contributed by atoms with E-state index in [1.165, 1.54) is 23.0 Å². The van der Waals surface area contributed by atoms with Gasteiger partial charge in [-0.25, -0.2) is 9.59 Å². The van der Waals surface area contributed by atoms with Crippen molar-refractivity contribution in [2.24, 2.45) is 0 Å². The van der Waals surface area contributed by atoms with E-state index in [0.29, 0.717) is 11.8 Å². The van der Waals surface area contributed by atoms with Crippen molar-refractivity contribution in [1.82, 2.24) is 9.78 Å². The third-order valence-electron chi connectivity index (χ3n) is 5.22. The summed E-state index contributed by atoms with van der Waals surface area (Å²) in [5.41, 5.74) is 4.77. The number of halogens is 6. The number of hydrogen-bond acceptors (Lipinski definition) is 7. The van der Waals surface area contributed by atoms with E-state index < -0.39 is 35.3 Å². The lowest BCUT2D eigenvalue weighted by atomic mass is 10.2. The average molecular weight is 645 g/mol. The highest BCUT2D eigenvalue weighted by molar-refractivity contribution is 6.34. The number of nitrogen functional groups attached to an aromatic ring is 1. The maximum absolute atomic E-state index is 12.7. The minimum absolute atomic E-state index is 0.00569. The number of nitrogens with zero attached hydrogens (tertiary/aromatic N) is 2. The number of aromatic nitrogens is 2. The SMILES string of the molecule is C[C@H](OC(=O)c1cc(Oc2ccc(C(F)(F)F)cc2Cl)ccc1Cl)C(=O)O.Nc1cnn(-c2ccccc2)c(=O)c1Cl. The Labute approximate surface area is 250 Å². The minimum Gasteiger partial charge on any atom is -0.479 e. The fraction of sp³-hybridized carbons (Fsp3) is 0.111. The topological polar surface area (TPSA) is 134 Å². The molecule has 3 aromatic carbocycles. The number of carboxylic acids is 1. The molecule has 0 aliphatic carbocycles. The zero-order valence-electron chi connectivity index (χ0n) is 21.2. The number of benzene rings is 3. The molecule has 1 atom stereocenters. The van der Waals surface area contributed by atoms with Gasteiger partial charge in [-0.3, -0.25) is 4.79 Å². The number of esters is 1. The Bertz CT molecular complexity index is 1670. The number of carbonyl (C=O) groups excluding carboxylic acids is 1. The van der Waals surface area contributed by atoms with Crippen LogP contribution < -0.4 is 16.0 Å². The molecule has 9 nitrogen and oxygen atoms in total. The number of carbonyl (C=O) groups is 2. The van der Waals surface area contributed by atoms with E-state index in [1.807, 2.05) is 18.2 Å². The van der Waals surface area contributed by atoms with Crippen molar-refractivity contribution >= 4 is 52.4 Å². The van der Waals surface area contributed by atoms with Crippen molar-refractivity contribution in [3.8, 4) is 17.2 Å². The molecule has 0 bridgehead atoms. The van der Waals surface area contributed by atoms with E-state index in [0.717, 1.165) is 25.1 Å². The third kappa shape index (κ3) is 8.15. The normalized spacial score (nSPS) is 11.6. The van der Waals surface area contributed by atoms with Crippen molar-refractivity contribution in [1.29, 1.82) is 0 Å². The molecule has 1 heterocycles. The first-order valence-corrected chi connectivity index (χ1v) is 12.7. The molecule has 4 aromatic rings. The summed E-state index contributed by atoms with van der Waals surface area (Å²) < 4.78 is 49.3. The van der Waals surface area contributed by atoms with Gasteiger partial charge in [-0.15, -0.1) is 0 Å². The second-order valence-electron chi connectivity index (χ2n) is 8.24. The van der Waals surface area contributed by atoms with Crippen LogP contribution in [0.5, 0.6) is 11.5 Å². The van der Waals surface area contributed by atoms with Crippen LogP contribution in [0, 0.1) is 0 Å². The number of carboxylic acid groups (broad SMARTS) is 1. The molecule has 0 amide bonds. The van der Waals surface area contributed by atoms with Crippen molar-refractivity contribution in [3.63, 3.8) is 0 Å². The van der Waals surface area contributed by atoms with Gasteiger partial charge in [0.25, 0.3) is 5.56 Å². The van der Waals surface area contributed by atoms with Gasteiger partial charge in [0.1, 0.15) is 16.5 Å². The van der Waals surface area contributed by atoms with Gasteiger partial charge in [-0.2, -0.15) is 23.0 Å². The molecular weight excluding hydrogens is 626 g/mol. The van der Waals surface area contributed by atoms with Crippen LogP contribution in [0.3, 0.4) is 0 Å². The van der Waals surface area contributed by atoms with Gasteiger partial charge in [-0.05, 0) is 55.5 Å². The van der Waals surface area contributed by atoms with E-state index in [2.05, 4.69) is 5.10 Å². The van der Waals surface area contributed by atoms with Crippen LogP contribution in [-0.2, 0) is 15.7 Å². The highest BCUT2D eigenvalue weighted by Gasteiger charge is 2.31. The summed E-state index contributed by atoms with van der Waals surface area (Å²) in [6.45, 7) is 1.16. The largest absolute Gasteiger partial charge is 0.479 e. The van der Waals surface area contributed by atoms with Gasteiger partial charge in [0.05, 0.1) is 38.7 Å². The number of anilines is 1. The highest BCUT2D eigenvalue weighted by atomic mass is 35.5. The molecule has 0 fully saturated rings. The predicted octanol–water partition coefficient (Wildman–Crippen LogP) is 6.90. The maximum atomic E-state index is 12.7. The molecule has 15 heteroatoms. The number of nitrogens with two attached hydrogens (primary N) is 1. The van der Waals surface area contributed by atoms with E-state index in [1.54, 1.807) is 12.1 Å². The Balaban J connectivity index is 0.000000271. The standard InChI is InChI=1S/C17H11Cl2F3O5.C10H8ClN3O/c1-8(15(23)24)26-16(25)11-7-10(3-4-12(11)18)27-14-5-2-9(6-13(14)19)17(20,21)22;11-9-8(12)6-13-14(10(9)15)7-4-2-1-3-5-7/h2-8H,1H3,(H,23,24);1-6H,12H2/t8-;/m0./s1. The first-order chi connectivity index (χ1) is 19.7. The van der Waals surface area contributed by atoms with Crippen LogP contribution in [0.25, 0.3) is 5.69 Å². The molecule has 1 aromatic heterocycles. The molecule has 0 saturated heterocycles. The summed E-state index contributed by atoms with van der Waals surface area (Å²) in [6, 6.07) is 15.3. The molecule has 3 N–H and O–H groups in total. The Morgan fingerprint density at radius 1 is 1.00 bits per heavy atom. The number of aliphatic carboxylic acids is 1. The van der Waals surface area contributed by atoms with Gasteiger partial charge in [-0.1, -0.05) is 53.0 Å². The predicted molar refractivity (Wildman–Crippen MR) is 150 cm³/mol. The monoisotopic (exact) mass is 643 g/mol. The van der Waals surface area contributed by atoms with Gasteiger partial charge in [0.15, 0.2) is 6.10 Å². The Hall–Kier alpha value is -4.26. The number of hydrogen-bond donors (Lipinski definition) is 2. The second-order valence-corrected chi connectivity index (χ2v) is 9.43. The number of rotatable bonds is 6. The van der Waals surface area contributed by atoms with Crippen molar-refractivity contribution in [3.05, 3.63) is 109 Å². The van der Waals surface area contributed by atoms with Gasteiger partial charge < -0.3 is 20.3 Å². The Morgan fingerprint density at radius 3 is 2.26 bits per heavy atom. The Kier molecular flexibility index (Phi) is 10.4. The van der Waals surface area contributed by atoms with E-state index in [-0.39, 0.29) is 37.8 Å². The zero-order valence-corrected chi connectivity index (χ0v) is 23.5. The number of alkyl halides is 3. The first-order valence-electron chi connectivity index (χ1n) is 11.6. The van der Waals surface area contributed by atoms with Crippen molar-refractivity contribution in [2.75, 3.05) is 5.73 Å². The lowest BCUT2D eigenvalue weighted by Gasteiger charge is -2.13. The van der Waals surface area contributed by atoms with E-state index in [9.17, 15) is 27.6 Å². The molecule has 0 saturated carbocycles. The van der Waals surface area contributed by atoms with E-state index >= 15 is 0 Å². The summed E-state index contributed by atoms with van der Waals surface area (Å²) in [5.74, 6) is -2.39. The second kappa shape index (κ2) is 13.6. The van der Waals surface area contributed by atoms with Crippen LogP contribution in [0.15, 0.2) is 77.7 Å². The van der Waals surface area contributed by atoms with Gasteiger partial charge in [0, 0.05) is 0 Å². The molecule has 0 radical (unpaired) electrons. The molecule has 0 unspecified atom stereocenters. The Morgan fingerprint density at radius 2 is 1.67 bits per heavy atom. The van der Waals surface area contributed by atoms with E-state index in [4.69, 9.17) is 55.1 Å². The highest BCUT2D eigenvalue weighted by Crippen LogP contribution is 2.37. The molecule has 42 heavy (non-hydrogen) atoms. The lowest BCUT2D eigenvalue weighted by Crippen LogP contribution is -2.23. The summed E-state index contributed by atoms with van der Waals surface area (Å²) in [5, 5.41) is 12.4. The summed E-state index contributed by atoms with van der Waals surface area (Å²) >= 11 is 17.5. The first kappa shape index (κ1) is 32.3. The average Bonchev–Trinajstić information content (AvgIpc) is 2.94. The molecule has 220 valence electrons. The molecule has 4 rings (SSSR count). The number of ether oxygens (including phenoxy) is 2. The molecular formula is C27H19Cl3F3N3O6. The third-order valence-corrected chi connectivity index (χ3v) is 6.23.